The summed E-state index contributed by atoms with van der Waals surface area (Å²) in [6.45, 7) is 6.10. The summed E-state index contributed by atoms with van der Waals surface area (Å²) >= 11 is 3.39. The number of ether oxygens (including phenoxy) is 3. The van der Waals surface area contributed by atoms with Gasteiger partial charge in [0, 0.05) is 22.7 Å². The maximum atomic E-state index is 14.3. The average Bonchev–Trinajstić information content (AvgIpc) is 3.55. The Morgan fingerprint density at radius 2 is 2.09 bits per heavy atom. The number of nitrogens with zero attached hydrogens (tertiary/aromatic N) is 3. The molecule has 0 spiro atoms. The Labute approximate surface area is 275 Å². The molecule has 0 radical (unpaired) electrons. The number of carbonyl (C=O) groups is 1. The van der Waals surface area contributed by atoms with E-state index in [1.165, 1.54) is 6.33 Å². The predicted molar refractivity (Wildman–Crippen MR) is 175 cm³/mol. The van der Waals surface area contributed by atoms with Crippen LogP contribution in [0.3, 0.4) is 0 Å². The number of anilines is 1. The second-order valence-electron chi connectivity index (χ2n) is 11.7. The van der Waals surface area contributed by atoms with Crippen LogP contribution in [0.2, 0.25) is 0 Å². The number of benzene rings is 1. The lowest BCUT2D eigenvalue weighted by Gasteiger charge is -2.27. The van der Waals surface area contributed by atoms with Gasteiger partial charge in [-0.2, -0.15) is 10.1 Å². The van der Waals surface area contributed by atoms with Gasteiger partial charge in [-0.15, -0.1) is 0 Å². The van der Waals surface area contributed by atoms with E-state index in [4.69, 9.17) is 29.0 Å². The Bertz CT molecular complexity index is 1660. The number of rotatable bonds is 15. The minimum absolute atomic E-state index is 0.0327. The van der Waals surface area contributed by atoms with Crippen molar-refractivity contribution in [3.63, 3.8) is 0 Å². The molecule has 5 atom stereocenters. The lowest BCUT2D eigenvalue weighted by Crippen LogP contribution is -2.37. The van der Waals surface area contributed by atoms with E-state index < -0.39 is 30.7 Å². The number of halogens is 1. The van der Waals surface area contributed by atoms with Crippen molar-refractivity contribution < 1.29 is 32.6 Å². The lowest BCUT2D eigenvalue weighted by molar-refractivity contribution is -0.171. The minimum Gasteiger partial charge on any atom is -0.462 e. The third kappa shape index (κ3) is 8.64. The Morgan fingerprint density at radius 1 is 1.30 bits per heavy atom. The molecule has 46 heavy (non-hydrogen) atoms. The van der Waals surface area contributed by atoms with Crippen molar-refractivity contribution in [3.8, 4) is 5.75 Å². The molecule has 1 aliphatic heterocycles. The summed E-state index contributed by atoms with van der Waals surface area (Å²) in [6.07, 6.45) is 7.40. The first-order chi connectivity index (χ1) is 22.0. The molecule has 2 fully saturated rings. The van der Waals surface area contributed by atoms with Gasteiger partial charge in [-0.05, 0) is 75.8 Å². The maximum Gasteiger partial charge on any atom is 0.459 e. The minimum atomic E-state index is -4.16. The van der Waals surface area contributed by atoms with E-state index in [9.17, 15) is 14.2 Å². The van der Waals surface area contributed by atoms with Gasteiger partial charge < -0.3 is 24.5 Å². The van der Waals surface area contributed by atoms with Crippen molar-refractivity contribution in [3.05, 3.63) is 51.0 Å². The second kappa shape index (κ2) is 14.8. The molecule has 4 N–H and O–H groups in total. The largest absolute Gasteiger partial charge is 0.462 e. The van der Waals surface area contributed by atoms with Crippen molar-refractivity contribution in [1.29, 1.82) is 0 Å². The molecule has 250 valence electrons. The standard InChI is InChI=1S/C30H40BrN6O8P/c1-4-7-19(2)44-28(39)20(3)36-46(40,45-23-11-9-22(31)10-12-23)43-17-30(16-42-24-8-5-6-13-41-24)14-21(30)15-37-18-33-25-26(37)34-29(32)35-27(25)38/h9-12,15,18-20,24H,4-8,13-14,16-17H2,1-3H3,(H,36,40)(H3,32,34,35,38)/b21-15-/t19?,20-,24?,30-,46-/m0/s1. The number of aromatic nitrogens is 4. The number of fused-ring (bicyclic) bond motifs is 1. The zero-order chi connectivity index (χ0) is 32.9. The number of hydrogen-bond donors (Lipinski definition) is 3. The number of nitrogen functional groups attached to an aromatic ring is 1. The van der Waals surface area contributed by atoms with Crippen molar-refractivity contribution in [1.82, 2.24) is 24.6 Å². The second-order valence-corrected chi connectivity index (χ2v) is 14.3. The summed E-state index contributed by atoms with van der Waals surface area (Å²) in [6, 6.07) is 5.77. The third-order valence-corrected chi connectivity index (χ3v) is 9.93. The number of carbonyl (C=O) groups excluding carboxylic acids is 1. The molecule has 3 aromatic rings. The summed E-state index contributed by atoms with van der Waals surface area (Å²) in [5.41, 5.74) is 5.93. The molecule has 14 nitrogen and oxygen atoms in total. The number of nitrogens with two attached hydrogens (primary N) is 1. The average molecular weight is 724 g/mol. The van der Waals surface area contributed by atoms with Crippen molar-refractivity contribution in [2.45, 2.75) is 77.7 Å². The van der Waals surface area contributed by atoms with Gasteiger partial charge in [0.05, 0.1) is 19.3 Å². The van der Waals surface area contributed by atoms with Gasteiger partial charge >= 0.3 is 13.7 Å². The van der Waals surface area contributed by atoms with Crippen molar-refractivity contribution in [2.24, 2.45) is 5.41 Å². The van der Waals surface area contributed by atoms with E-state index in [1.807, 2.05) is 13.8 Å². The molecule has 1 aromatic carbocycles. The zero-order valence-electron chi connectivity index (χ0n) is 26.1. The molecule has 5 rings (SSSR count). The molecule has 2 aromatic heterocycles. The molecule has 1 aliphatic carbocycles. The Kier molecular flexibility index (Phi) is 11.0. The topological polar surface area (TPSA) is 182 Å². The zero-order valence-corrected chi connectivity index (χ0v) is 28.6. The highest BCUT2D eigenvalue weighted by Gasteiger charge is 2.52. The van der Waals surface area contributed by atoms with E-state index in [-0.39, 0.29) is 42.8 Å². The van der Waals surface area contributed by atoms with Gasteiger partial charge in [0.2, 0.25) is 5.95 Å². The molecule has 0 bridgehead atoms. The number of nitrogens with one attached hydrogen (secondary N) is 2. The molecule has 1 saturated carbocycles. The van der Waals surface area contributed by atoms with Crippen LogP contribution in [0.25, 0.3) is 17.4 Å². The smallest absolute Gasteiger partial charge is 0.459 e. The SMILES string of the molecule is CCCC(C)OC(=O)[C@H](C)N[P@](=O)(OC[C@@]1(COC2CCCCO2)C/C1=C/n1cnc2c(=O)[nH]c(N)nc21)Oc1ccc(Br)cc1. The number of H-pyrrole nitrogens is 1. The lowest BCUT2D eigenvalue weighted by atomic mass is 10.1. The normalized spacial score (nSPS) is 23.1. The van der Waals surface area contributed by atoms with Crippen LogP contribution in [-0.4, -0.2) is 63.7 Å². The van der Waals surface area contributed by atoms with Crippen LogP contribution in [0.5, 0.6) is 5.75 Å². The Hall–Kier alpha value is -3.07. The first kappa shape index (κ1) is 34.3. The fourth-order valence-electron chi connectivity index (χ4n) is 5.12. The molecular formula is C30H40BrN6O8P. The van der Waals surface area contributed by atoms with E-state index in [0.717, 1.165) is 35.7 Å². The highest BCUT2D eigenvalue weighted by molar-refractivity contribution is 9.10. The van der Waals surface area contributed by atoms with Gasteiger partial charge in [-0.1, -0.05) is 29.3 Å². The summed E-state index contributed by atoms with van der Waals surface area (Å²) in [4.78, 5) is 36.0. The summed E-state index contributed by atoms with van der Waals surface area (Å²) in [5, 5.41) is 2.77. The molecule has 16 heteroatoms. The summed E-state index contributed by atoms with van der Waals surface area (Å²) < 4.78 is 46.2. The maximum absolute atomic E-state index is 14.3. The van der Waals surface area contributed by atoms with Crippen molar-refractivity contribution in [2.75, 3.05) is 25.6 Å². The first-order valence-electron chi connectivity index (χ1n) is 15.3. The highest BCUT2D eigenvalue weighted by Crippen LogP contribution is 2.57. The Balaban J connectivity index is 1.39. The van der Waals surface area contributed by atoms with Gasteiger partial charge in [0.15, 0.2) is 17.5 Å². The van der Waals surface area contributed by atoms with Crippen LogP contribution in [-0.2, 0) is 28.1 Å². The molecular weight excluding hydrogens is 683 g/mol. The Morgan fingerprint density at radius 3 is 2.80 bits per heavy atom. The number of imidazole rings is 1. The van der Waals surface area contributed by atoms with Crippen LogP contribution >= 0.6 is 23.7 Å². The van der Waals surface area contributed by atoms with Crippen LogP contribution in [0.15, 0.2) is 45.4 Å². The van der Waals surface area contributed by atoms with E-state index in [2.05, 4.69) is 36.0 Å². The molecule has 1 saturated heterocycles. The molecule has 0 amide bonds. The number of esters is 1. The third-order valence-electron chi connectivity index (χ3n) is 7.78. The summed E-state index contributed by atoms with van der Waals surface area (Å²) in [7, 11) is -4.16. The van der Waals surface area contributed by atoms with Gasteiger partial charge in [0.25, 0.3) is 5.56 Å². The van der Waals surface area contributed by atoms with Crippen LogP contribution < -0.4 is 20.9 Å². The summed E-state index contributed by atoms with van der Waals surface area (Å²) in [5.74, 6) is -0.322. The molecule has 3 heterocycles. The number of hydrogen-bond acceptors (Lipinski definition) is 11. The fraction of sp³-hybridized carbons (Fsp3) is 0.533. The van der Waals surface area contributed by atoms with E-state index >= 15 is 0 Å². The predicted octanol–water partition coefficient (Wildman–Crippen LogP) is 5.15. The van der Waals surface area contributed by atoms with Crippen molar-refractivity contribution >= 4 is 53.0 Å². The van der Waals surface area contributed by atoms with E-state index in [1.54, 1.807) is 42.0 Å². The molecule has 2 aliphatic rings. The van der Waals surface area contributed by atoms with Crippen LogP contribution in [0, 0.1) is 5.41 Å². The van der Waals surface area contributed by atoms with Crippen LogP contribution in [0.4, 0.5) is 5.95 Å². The van der Waals surface area contributed by atoms with Gasteiger partial charge in [-0.3, -0.25) is 23.7 Å². The quantitative estimate of drug-likeness (QED) is 0.139. The van der Waals surface area contributed by atoms with Gasteiger partial charge in [-0.25, -0.2) is 9.55 Å². The molecule has 2 unspecified atom stereocenters. The van der Waals surface area contributed by atoms with E-state index in [0.29, 0.717) is 25.1 Å². The number of aromatic amines is 1. The highest BCUT2D eigenvalue weighted by atomic mass is 79.9. The monoisotopic (exact) mass is 722 g/mol. The fourth-order valence-corrected chi connectivity index (χ4v) is 6.96. The first-order valence-corrected chi connectivity index (χ1v) is 17.7. The van der Waals surface area contributed by atoms with Gasteiger partial charge in [0.1, 0.15) is 18.1 Å². The van der Waals surface area contributed by atoms with Crippen LogP contribution in [0.1, 0.15) is 59.3 Å².